The van der Waals surface area contributed by atoms with Crippen LogP contribution in [0.5, 0.6) is 0 Å². The summed E-state index contributed by atoms with van der Waals surface area (Å²) in [6.07, 6.45) is 0. The highest BCUT2D eigenvalue weighted by Gasteiger charge is 2.61. The van der Waals surface area contributed by atoms with Crippen molar-refractivity contribution in [3.8, 4) is 0 Å². The number of ether oxygens (including phenoxy) is 1. The van der Waals surface area contributed by atoms with Crippen LogP contribution in [0.3, 0.4) is 0 Å². The van der Waals surface area contributed by atoms with E-state index in [9.17, 15) is 14.4 Å². The Morgan fingerprint density at radius 2 is 2.00 bits per heavy atom. The first kappa shape index (κ1) is 19.8. The molecule has 2 amide bonds. The van der Waals surface area contributed by atoms with Crippen LogP contribution in [0.1, 0.15) is 28.4 Å². The van der Waals surface area contributed by atoms with Gasteiger partial charge in [0.2, 0.25) is 0 Å². The van der Waals surface area contributed by atoms with Crippen LogP contribution in [0.4, 0.5) is 5.69 Å². The summed E-state index contributed by atoms with van der Waals surface area (Å²) in [7, 11) is 0. The van der Waals surface area contributed by atoms with Crippen molar-refractivity contribution in [2.24, 2.45) is 0 Å². The van der Waals surface area contributed by atoms with Gasteiger partial charge in [-0.05, 0) is 44.2 Å². The average Bonchev–Trinajstić information content (AvgIpc) is 3.22. The Bertz CT molecular complexity index is 1010. The van der Waals surface area contributed by atoms with Gasteiger partial charge >= 0.3 is 5.97 Å². The maximum atomic E-state index is 13.6. The first-order valence-corrected chi connectivity index (χ1v) is 10.6. The van der Waals surface area contributed by atoms with E-state index < -0.39 is 22.8 Å². The van der Waals surface area contributed by atoms with Crippen LogP contribution < -0.4 is 5.32 Å². The fourth-order valence-corrected chi connectivity index (χ4v) is 5.42. The van der Waals surface area contributed by atoms with Gasteiger partial charge in [-0.25, -0.2) is 4.79 Å². The second-order valence-corrected chi connectivity index (χ2v) is 8.56. The molecule has 2 aliphatic rings. The molecule has 2 atom stereocenters. The van der Waals surface area contributed by atoms with Crippen LogP contribution in [0.2, 0.25) is 5.02 Å². The van der Waals surface area contributed by atoms with Gasteiger partial charge < -0.3 is 10.1 Å². The normalized spacial score (nSPS) is 22.5. The van der Waals surface area contributed by atoms with Gasteiger partial charge in [0.15, 0.2) is 4.87 Å². The van der Waals surface area contributed by atoms with Crippen molar-refractivity contribution in [3.05, 3.63) is 64.2 Å². The topological polar surface area (TPSA) is 75.7 Å². The monoisotopic (exact) mass is 430 g/mol. The molecule has 0 radical (unpaired) electrons. The van der Waals surface area contributed by atoms with Gasteiger partial charge in [-0.1, -0.05) is 29.3 Å². The Kier molecular flexibility index (Phi) is 5.04. The van der Waals surface area contributed by atoms with E-state index in [0.717, 1.165) is 5.56 Å². The van der Waals surface area contributed by atoms with E-state index in [2.05, 4.69) is 5.32 Å². The third kappa shape index (κ3) is 3.09. The molecule has 1 saturated heterocycles. The molecule has 2 aromatic rings. The van der Waals surface area contributed by atoms with Crippen LogP contribution in [-0.4, -0.2) is 41.1 Å². The highest BCUT2D eigenvalue weighted by Crippen LogP contribution is 2.54. The van der Waals surface area contributed by atoms with Gasteiger partial charge in [0, 0.05) is 27.6 Å². The number of aryl methyl sites for hydroxylation is 1. The van der Waals surface area contributed by atoms with Crippen molar-refractivity contribution in [1.82, 2.24) is 4.90 Å². The molecule has 1 fully saturated rings. The third-order valence-electron chi connectivity index (χ3n) is 5.07. The van der Waals surface area contributed by atoms with Crippen molar-refractivity contribution in [1.29, 1.82) is 0 Å². The smallest absolute Gasteiger partial charge is 0.329 e. The number of thioether (sulfide) groups is 1. The average molecular weight is 431 g/mol. The Morgan fingerprint density at radius 1 is 1.28 bits per heavy atom. The third-order valence-corrected chi connectivity index (χ3v) is 6.82. The summed E-state index contributed by atoms with van der Waals surface area (Å²) in [5.41, 5.74) is 2.63. The molecule has 2 aromatic carbocycles. The first-order valence-electron chi connectivity index (χ1n) is 9.21. The molecule has 0 saturated carbocycles. The van der Waals surface area contributed by atoms with E-state index in [1.165, 1.54) is 16.7 Å². The van der Waals surface area contributed by atoms with E-state index in [0.29, 0.717) is 21.8 Å². The highest BCUT2D eigenvalue weighted by molar-refractivity contribution is 8.01. The summed E-state index contributed by atoms with van der Waals surface area (Å²) in [6.45, 7) is 3.82. The number of rotatable bonds is 3. The lowest BCUT2D eigenvalue weighted by Crippen LogP contribution is -2.54. The summed E-state index contributed by atoms with van der Waals surface area (Å²) in [4.78, 5) is 39.5. The number of benzene rings is 2. The summed E-state index contributed by atoms with van der Waals surface area (Å²) >= 11 is 7.23. The van der Waals surface area contributed by atoms with Gasteiger partial charge in [0.25, 0.3) is 11.8 Å². The standard InChI is InChI=1S/C21H19ClN2O4S/c1-3-28-19(26)17-11-29-21(15-10-12(2)4-9-16(15)23-20(21)27)24(17)18(25)13-5-7-14(22)8-6-13/h4-10,17H,3,11H2,1-2H3,(H,23,27)/t17-,21-/m0/s1. The minimum atomic E-state index is -1.32. The van der Waals surface area contributed by atoms with Gasteiger partial charge in [-0.15, -0.1) is 11.8 Å². The number of anilines is 1. The second kappa shape index (κ2) is 7.39. The zero-order valence-corrected chi connectivity index (χ0v) is 17.5. The molecule has 29 heavy (non-hydrogen) atoms. The molecule has 8 heteroatoms. The first-order chi connectivity index (χ1) is 13.9. The molecule has 2 aliphatic heterocycles. The number of nitrogens with one attached hydrogen (secondary N) is 1. The van der Waals surface area contributed by atoms with Crippen LogP contribution in [0, 0.1) is 6.92 Å². The SMILES string of the molecule is CCOC(=O)[C@@H]1CS[C@@]2(C(=O)Nc3ccc(C)cc32)N1C(=O)c1ccc(Cl)cc1. The molecule has 1 N–H and O–H groups in total. The summed E-state index contributed by atoms with van der Waals surface area (Å²) in [5.74, 6) is -1.02. The van der Waals surface area contributed by atoms with Gasteiger partial charge in [0.1, 0.15) is 6.04 Å². The number of amides is 2. The Balaban J connectivity index is 1.86. The number of carbonyl (C=O) groups is 3. The lowest BCUT2D eigenvalue weighted by atomic mass is 10.0. The van der Waals surface area contributed by atoms with E-state index in [1.807, 2.05) is 25.1 Å². The van der Waals surface area contributed by atoms with Crippen molar-refractivity contribution < 1.29 is 19.1 Å². The van der Waals surface area contributed by atoms with Crippen LogP contribution in [0.25, 0.3) is 0 Å². The maximum absolute atomic E-state index is 13.6. The fourth-order valence-electron chi connectivity index (χ4n) is 3.75. The van der Waals surface area contributed by atoms with Crippen molar-refractivity contribution in [3.63, 3.8) is 0 Å². The van der Waals surface area contributed by atoms with Gasteiger partial charge in [0.05, 0.1) is 6.61 Å². The lowest BCUT2D eigenvalue weighted by Gasteiger charge is -2.35. The molecule has 0 aliphatic carbocycles. The van der Waals surface area contributed by atoms with Crippen molar-refractivity contribution in [2.45, 2.75) is 24.8 Å². The fraction of sp³-hybridized carbons (Fsp3) is 0.286. The predicted molar refractivity (Wildman–Crippen MR) is 112 cm³/mol. The Labute approximate surface area is 177 Å². The summed E-state index contributed by atoms with van der Waals surface area (Å²) < 4.78 is 5.21. The number of fused-ring (bicyclic) bond motifs is 2. The molecular weight excluding hydrogens is 412 g/mol. The number of nitrogens with zero attached hydrogens (tertiary/aromatic N) is 1. The molecular formula is C21H19ClN2O4S. The molecule has 0 bridgehead atoms. The van der Waals surface area contributed by atoms with Crippen LogP contribution >= 0.6 is 23.4 Å². The molecule has 0 unspecified atom stereocenters. The number of hydrogen-bond donors (Lipinski definition) is 1. The van der Waals surface area contributed by atoms with Gasteiger partial charge in [-0.2, -0.15) is 0 Å². The zero-order valence-electron chi connectivity index (χ0n) is 15.9. The highest BCUT2D eigenvalue weighted by atomic mass is 35.5. The molecule has 0 aromatic heterocycles. The van der Waals surface area contributed by atoms with E-state index in [-0.39, 0.29) is 18.3 Å². The molecule has 1 spiro atoms. The van der Waals surface area contributed by atoms with Gasteiger partial charge in [-0.3, -0.25) is 14.5 Å². The minimum Gasteiger partial charge on any atom is -0.464 e. The Morgan fingerprint density at radius 3 is 2.69 bits per heavy atom. The number of halogens is 1. The zero-order chi connectivity index (χ0) is 20.8. The molecule has 6 nitrogen and oxygen atoms in total. The maximum Gasteiger partial charge on any atom is 0.329 e. The number of carbonyl (C=O) groups excluding carboxylic acids is 3. The summed E-state index contributed by atoms with van der Waals surface area (Å²) in [6, 6.07) is 11.1. The quantitative estimate of drug-likeness (QED) is 0.753. The number of esters is 1. The minimum absolute atomic E-state index is 0.192. The molecule has 150 valence electrons. The second-order valence-electron chi connectivity index (χ2n) is 6.91. The van der Waals surface area contributed by atoms with Crippen LogP contribution in [-0.2, 0) is 19.2 Å². The van der Waals surface area contributed by atoms with Crippen molar-refractivity contribution >= 4 is 46.8 Å². The predicted octanol–water partition coefficient (Wildman–Crippen LogP) is 3.57. The van der Waals surface area contributed by atoms with E-state index in [4.69, 9.17) is 16.3 Å². The molecule has 4 rings (SSSR count). The molecule has 2 heterocycles. The largest absolute Gasteiger partial charge is 0.464 e. The van der Waals surface area contributed by atoms with Crippen molar-refractivity contribution in [2.75, 3.05) is 17.7 Å². The van der Waals surface area contributed by atoms with E-state index in [1.54, 1.807) is 31.2 Å². The van der Waals surface area contributed by atoms with E-state index >= 15 is 0 Å². The van der Waals surface area contributed by atoms with Crippen LogP contribution in [0.15, 0.2) is 42.5 Å². The lowest BCUT2D eigenvalue weighted by molar-refractivity contribution is -0.148. The Hall–Kier alpha value is -2.51. The number of hydrogen-bond acceptors (Lipinski definition) is 5. The summed E-state index contributed by atoms with van der Waals surface area (Å²) in [5, 5.41) is 3.36.